The van der Waals surface area contributed by atoms with E-state index in [1.165, 1.54) is 22.3 Å². The number of amides is 3. The number of ether oxygens (including phenoxy) is 1. The molecule has 4 aliphatic rings. The van der Waals surface area contributed by atoms with Crippen LogP contribution in [0.4, 0.5) is 9.59 Å². The molecule has 2 aromatic carbocycles. The van der Waals surface area contributed by atoms with Crippen molar-refractivity contribution in [2.45, 2.75) is 63.8 Å². The van der Waals surface area contributed by atoms with E-state index in [0.29, 0.717) is 31.5 Å². The van der Waals surface area contributed by atoms with E-state index < -0.39 is 0 Å². The lowest BCUT2D eigenvalue weighted by molar-refractivity contribution is -0.121. The van der Waals surface area contributed by atoms with Crippen LogP contribution in [0.2, 0.25) is 0 Å². The third kappa shape index (κ3) is 5.23. The molecule has 8 heteroatoms. The standard InChI is InChI=1S/C32H38N4O4/c1-20(37)22-12-10-21(11-13-22)18-33-31(38)35-34-29-15-14-23-16-17-36(30(23)29)32(39)40-19-28-26-8-4-2-6-24(26)25-7-3-5-9-27(25)28/h2-9,21-23,28,30H,10-19H2,1H3,(H2,33,35,38)/b34-29-. The molecule has 1 aliphatic heterocycles. The monoisotopic (exact) mass is 542 g/mol. The van der Waals surface area contributed by atoms with Gasteiger partial charge in [0, 0.05) is 24.9 Å². The molecular formula is C32H38N4O4. The zero-order valence-corrected chi connectivity index (χ0v) is 23.1. The maximum Gasteiger partial charge on any atom is 0.410 e. The number of hydrogen-bond donors (Lipinski definition) is 2. The summed E-state index contributed by atoms with van der Waals surface area (Å²) < 4.78 is 5.94. The minimum atomic E-state index is -0.324. The number of benzene rings is 2. The maximum atomic E-state index is 13.3. The predicted molar refractivity (Wildman–Crippen MR) is 153 cm³/mol. The molecule has 3 aliphatic carbocycles. The molecule has 1 saturated heterocycles. The summed E-state index contributed by atoms with van der Waals surface area (Å²) in [6, 6.07) is 16.2. The van der Waals surface area contributed by atoms with Crippen LogP contribution in [0.3, 0.4) is 0 Å². The van der Waals surface area contributed by atoms with Crippen molar-refractivity contribution in [3.63, 3.8) is 0 Å². The Morgan fingerprint density at radius 1 is 0.925 bits per heavy atom. The Morgan fingerprint density at radius 2 is 1.60 bits per heavy atom. The second-order valence-corrected chi connectivity index (χ2v) is 11.8. The molecule has 2 aromatic rings. The summed E-state index contributed by atoms with van der Waals surface area (Å²) in [5, 5.41) is 7.39. The highest BCUT2D eigenvalue weighted by atomic mass is 16.6. The first-order valence-electron chi connectivity index (χ1n) is 14.7. The average Bonchev–Trinajstić information content (AvgIpc) is 3.67. The molecule has 2 unspecified atom stereocenters. The van der Waals surface area contributed by atoms with Crippen LogP contribution in [-0.2, 0) is 9.53 Å². The topological polar surface area (TPSA) is 100 Å². The van der Waals surface area contributed by atoms with Crippen molar-refractivity contribution < 1.29 is 19.1 Å². The van der Waals surface area contributed by atoms with E-state index in [-0.39, 0.29) is 35.8 Å². The van der Waals surface area contributed by atoms with Crippen LogP contribution in [0.5, 0.6) is 0 Å². The van der Waals surface area contributed by atoms with Crippen molar-refractivity contribution in [3.05, 3.63) is 59.7 Å². The number of nitrogens with one attached hydrogen (secondary N) is 2. The quantitative estimate of drug-likeness (QED) is 0.473. The van der Waals surface area contributed by atoms with Gasteiger partial charge < -0.3 is 10.1 Å². The first-order valence-corrected chi connectivity index (χ1v) is 14.7. The Labute approximate surface area is 235 Å². The Hall–Kier alpha value is -3.68. The Balaban J connectivity index is 1.03. The summed E-state index contributed by atoms with van der Waals surface area (Å²) in [4.78, 5) is 39.2. The first-order chi connectivity index (χ1) is 19.5. The van der Waals surface area contributed by atoms with E-state index in [1.807, 2.05) is 24.3 Å². The fourth-order valence-electron chi connectivity index (χ4n) is 7.27. The smallest absolute Gasteiger partial charge is 0.410 e. The number of urea groups is 1. The van der Waals surface area contributed by atoms with Gasteiger partial charge in [-0.25, -0.2) is 15.0 Å². The summed E-state index contributed by atoms with van der Waals surface area (Å²) in [7, 11) is 0. The Bertz CT molecular complexity index is 1270. The van der Waals surface area contributed by atoms with Crippen molar-refractivity contribution >= 4 is 23.6 Å². The van der Waals surface area contributed by atoms with Gasteiger partial charge in [-0.2, -0.15) is 5.10 Å². The fraction of sp³-hybridized carbons (Fsp3) is 0.500. The molecule has 210 valence electrons. The number of carbonyl (C=O) groups excluding carboxylic acids is 3. The van der Waals surface area contributed by atoms with E-state index in [0.717, 1.165) is 50.7 Å². The Morgan fingerprint density at radius 3 is 2.27 bits per heavy atom. The largest absolute Gasteiger partial charge is 0.448 e. The van der Waals surface area contributed by atoms with Crippen LogP contribution in [0.15, 0.2) is 53.6 Å². The van der Waals surface area contributed by atoms with Gasteiger partial charge in [0.2, 0.25) is 0 Å². The van der Waals surface area contributed by atoms with Gasteiger partial charge in [-0.1, -0.05) is 48.5 Å². The van der Waals surface area contributed by atoms with Gasteiger partial charge in [-0.05, 0) is 86.0 Å². The molecule has 40 heavy (non-hydrogen) atoms. The minimum absolute atomic E-state index is 0.0225. The number of hydrazone groups is 1. The number of rotatable bonds is 6. The van der Waals surface area contributed by atoms with Crippen LogP contribution >= 0.6 is 0 Å². The van der Waals surface area contributed by atoms with Crippen LogP contribution in [0.25, 0.3) is 11.1 Å². The highest BCUT2D eigenvalue weighted by Gasteiger charge is 2.45. The van der Waals surface area contributed by atoms with Crippen molar-refractivity contribution in [2.24, 2.45) is 22.9 Å². The van der Waals surface area contributed by atoms with Crippen molar-refractivity contribution in [2.75, 3.05) is 19.7 Å². The molecule has 0 bridgehead atoms. The third-order valence-electron chi connectivity index (χ3n) is 9.48. The molecule has 0 aromatic heterocycles. The highest BCUT2D eigenvalue weighted by molar-refractivity contribution is 5.95. The summed E-state index contributed by atoms with van der Waals surface area (Å²) in [5.74, 6) is 1.21. The molecule has 2 atom stereocenters. The summed E-state index contributed by atoms with van der Waals surface area (Å²) in [6.45, 7) is 3.18. The van der Waals surface area contributed by atoms with Gasteiger partial charge in [0.1, 0.15) is 12.4 Å². The molecule has 0 spiro atoms. The van der Waals surface area contributed by atoms with Crippen molar-refractivity contribution in [3.8, 4) is 11.1 Å². The van der Waals surface area contributed by atoms with Crippen LogP contribution in [0.1, 0.15) is 68.9 Å². The number of fused-ring (bicyclic) bond motifs is 4. The molecule has 3 amide bonds. The van der Waals surface area contributed by atoms with Gasteiger partial charge in [-0.3, -0.25) is 9.69 Å². The van der Waals surface area contributed by atoms with E-state index >= 15 is 0 Å². The fourth-order valence-corrected chi connectivity index (χ4v) is 7.27. The van der Waals surface area contributed by atoms with E-state index in [1.54, 1.807) is 11.8 Å². The number of carbonyl (C=O) groups is 3. The first kappa shape index (κ1) is 26.5. The predicted octanol–water partition coefficient (Wildman–Crippen LogP) is 5.47. The lowest BCUT2D eigenvalue weighted by Crippen LogP contribution is -2.42. The van der Waals surface area contributed by atoms with Crippen LogP contribution in [0, 0.1) is 17.8 Å². The van der Waals surface area contributed by atoms with Crippen LogP contribution in [-0.4, -0.2) is 54.3 Å². The molecule has 2 saturated carbocycles. The molecule has 1 heterocycles. The lowest BCUT2D eigenvalue weighted by atomic mass is 9.80. The van der Waals surface area contributed by atoms with Gasteiger partial charge in [0.05, 0.1) is 11.8 Å². The lowest BCUT2D eigenvalue weighted by Gasteiger charge is -2.27. The van der Waals surface area contributed by atoms with Gasteiger partial charge in [0.15, 0.2) is 0 Å². The second-order valence-electron chi connectivity index (χ2n) is 11.8. The SMILES string of the molecule is CC(=O)C1CCC(CNC(=O)N/N=C2/CCC3CCN(C(=O)OCC4c5ccccc5-c5ccccc54)C23)CC1. The maximum absolute atomic E-state index is 13.3. The Kier molecular flexibility index (Phi) is 7.59. The third-order valence-corrected chi connectivity index (χ3v) is 9.48. The average molecular weight is 543 g/mol. The van der Waals surface area contributed by atoms with Crippen LogP contribution < -0.4 is 10.7 Å². The normalized spacial score (nSPS) is 26.2. The number of likely N-dealkylation sites (tertiary alicyclic amines) is 1. The highest BCUT2D eigenvalue weighted by Crippen LogP contribution is 2.45. The van der Waals surface area contributed by atoms with E-state index in [9.17, 15) is 14.4 Å². The zero-order valence-electron chi connectivity index (χ0n) is 23.1. The number of Topliss-reactive ketones (excluding diaryl/α,β-unsaturated/α-hetero) is 1. The molecule has 0 radical (unpaired) electrons. The second kappa shape index (κ2) is 11.4. The number of ketones is 1. The molecule has 3 fully saturated rings. The number of nitrogens with zero attached hydrogens (tertiary/aromatic N) is 2. The molecule has 8 nitrogen and oxygen atoms in total. The number of hydrogen-bond acceptors (Lipinski definition) is 5. The van der Waals surface area contributed by atoms with Gasteiger partial charge in [-0.15, -0.1) is 0 Å². The molecule has 6 rings (SSSR count). The molecule has 2 N–H and O–H groups in total. The van der Waals surface area contributed by atoms with Crippen molar-refractivity contribution in [1.29, 1.82) is 0 Å². The van der Waals surface area contributed by atoms with Gasteiger partial charge in [0.25, 0.3) is 0 Å². The molecular weight excluding hydrogens is 504 g/mol. The summed E-state index contributed by atoms with van der Waals surface area (Å²) in [6.07, 6.45) is 6.05. The zero-order chi connectivity index (χ0) is 27.6. The van der Waals surface area contributed by atoms with Crippen molar-refractivity contribution in [1.82, 2.24) is 15.6 Å². The van der Waals surface area contributed by atoms with Gasteiger partial charge >= 0.3 is 12.1 Å². The summed E-state index contributed by atoms with van der Waals surface area (Å²) >= 11 is 0. The van der Waals surface area contributed by atoms with E-state index in [2.05, 4.69) is 40.1 Å². The summed E-state index contributed by atoms with van der Waals surface area (Å²) in [5.41, 5.74) is 8.31. The van der Waals surface area contributed by atoms with E-state index in [4.69, 9.17) is 4.74 Å². The minimum Gasteiger partial charge on any atom is -0.448 e.